The van der Waals surface area contributed by atoms with Gasteiger partial charge in [0.1, 0.15) is 23.1 Å². The number of aromatic nitrogens is 6. The summed E-state index contributed by atoms with van der Waals surface area (Å²) in [6.07, 6.45) is 12.5. The smallest absolute Gasteiger partial charge is 0.237 e. The Bertz CT molecular complexity index is 1170. The van der Waals surface area contributed by atoms with Crippen LogP contribution in [0.3, 0.4) is 0 Å². The van der Waals surface area contributed by atoms with E-state index in [9.17, 15) is 0 Å². The van der Waals surface area contributed by atoms with Gasteiger partial charge in [0.15, 0.2) is 11.6 Å². The summed E-state index contributed by atoms with van der Waals surface area (Å²) in [5, 5.41) is 17.2. The van der Waals surface area contributed by atoms with Gasteiger partial charge in [-0.15, -0.1) is 0 Å². The van der Waals surface area contributed by atoms with Crippen LogP contribution in [0, 0.1) is 10.8 Å². The van der Waals surface area contributed by atoms with Gasteiger partial charge in [-0.05, 0) is 26.2 Å². The van der Waals surface area contributed by atoms with Crippen LogP contribution in [0.5, 0.6) is 0 Å². The summed E-state index contributed by atoms with van der Waals surface area (Å²) >= 11 is 0. The third-order valence-corrected chi connectivity index (χ3v) is 6.07. The Morgan fingerprint density at radius 3 is 2.64 bits per heavy atom. The average Bonchev–Trinajstić information content (AvgIpc) is 3.34. The van der Waals surface area contributed by atoms with Crippen molar-refractivity contribution in [1.82, 2.24) is 29.5 Å². The van der Waals surface area contributed by atoms with Gasteiger partial charge in [-0.2, -0.15) is 4.98 Å². The van der Waals surface area contributed by atoms with E-state index in [1.807, 2.05) is 0 Å². The molecule has 1 atom stereocenters. The summed E-state index contributed by atoms with van der Waals surface area (Å²) in [5.41, 5.74) is 1.27. The Morgan fingerprint density at radius 1 is 1.12 bits per heavy atom. The van der Waals surface area contributed by atoms with Crippen LogP contribution in [0.25, 0.3) is 17.5 Å². The predicted molar refractivity (Wildman–Crippen MR) is 124 cm³/mol. The van der Waals surface area contributed by atoms with E-state index in [1.54, 1.807) is 53.6 Å². The van der Waals surface area contributed by atoms with E-state index in [-0.39, 0.29) is 17.9 Å². The van der Waals surface area contributed by atoms with Gasteiger partial charge in [-0.3, -0.25) is 25.3 Å². The van der Waals surface area contributed by atoms with E-state index in [1.165, 1.54) is 0 Å². The molecule has 0 aromatic carbocycles. The van der Waals surface area contributed by atoms with Crippen molar-refractivity contribution in [2.45, 2.75) is 45.2 Å². The standard InChI is InChI=1S/C22H26N10O/c1-3-17-19(24)31(14(2)23)18-13-28-22(29-21(18)32(17)15-4-10-33-11-5-15)30-9-8-27-20(30)16-12-25-6-7-26-16/h6-9,12-13,15,17,23-24H,3-5,10-11H2,1-2H3. The van der Waals surface area contributed by atoms with Gasteiger partial charge in [-0.1, -0.05) is 6.92 Å². The molecule has 11 nitrogen and oxygen atoms in total. The Balaban J connectivity index is 1.66. The maximum Gasteiger partial charge on any atom is 0.237 e. The number of ether oxygens (including phenoxy) is 1. The van der Waals surface area contributed by atoms with Crippen LogP contribution in [-0.4, -0.2) is 66.5 Å². The summed E-state index contributed by atoms with van der Waals surface area (Å²) in [7, 11) is 0. The monoisotopic (exact) mass is 446 g/mol. The molecule has 2 N–H and O–H groups in total. The number of nitrogens with one attached hydrogen (secondary N) is 2. The molecule has 2 aliphatic rings. The first-order valence-electron chi connectivity index (χ1n) is 11.1. The molecule has 0 amide bonds. The molecule has 3 aromatic rings. The van der Waals surface area contributed by atoms with Gasteiger partial charge < -0.3 is 9.64 Å². The summed E-state index contributed by atoms with van der Waals surface area (Å²) in [5.74, 6) is 2.42. The SMILES string of the molecule is CCC1C(=N)N(C(C)=N)c2cnc(-n3ccnc3-c3cnccn3)nc2N1C1CCOCC1. The molecule has 3 aromatic heterocycles. The molecule has 5 heterocycles. The summed E-state index contributed by atoms with van der Waals surface area (Å²) in [4.78, 5) is 26.4. The minimum atomic E-state index is -0.189. The lowest BCUT2D eigenvalue weighted by Gasteiger charge is -2.47. The molecular formula is C22H26N10O. The van der Waals surface area contributed by atoms with Crippen LogP contribution < -0.4 is 9.80 Å². The van der Waals surface area contributed by atoms with Crippen molar-refractivity contribution in [1.29, 1.82) is 10.8 Å². The first-order valence-corrected chi connectivity index (χ1v) is 11.1. The van der Waals surface area contributed by atoms with Gasteiger partial charge in [0.25, 0.3) is 0 Å². The van der Waals surface area contributed by atoms with E-state index in [0.29, 0.717) is 42.2 Å². The van der Waals surface area contributed by atoms with Crippen LogP contribution in [0.1, 0.15) is 33.1 Å². The first-order chi connectivity index (χ1) is 16.1. The lowest BCUT2D eigenvalue weighted by molar-refractivity contribution is 0.0833. The molecule has 2 aliphatic heterocycles. The van der Waals surface area contributed by atoms with Crippen LogP contribution >= 0.6 is 0 Å². The molecule has 33 heavy (non-hydrogen) atoms. The van der Waals surface area contributed by atoms with E-state index in [0.717, 1.165) is 25.1 Å². The minimum Gasteiger partial charge on any atom is -0.381 e. The fourth-order valence-corrected chi connectivity index (χ4v) is 4.59. The van der Waals surface area contributed by atoms with E-state index >= 15 is 0 Å². The molecule has 11 heteroatoms. The molecule has 170 valence electrons. The molecule has 0 bridgehead atoms. The summed E-state index contributed by atoms with van der Waals surface area (Å²) in [6.45, 7) is 5.12. The quantitative estimate of drug-likeness (QED) is 0.462. The molecule has 0 spiro atoms. The van der Waals surface area contributed by atoms with E-state index < -0.39 is 0 Å². The van der Waals surface area contributed by atoms with Crippen molar-refractivity contribution in [2.75, 3.05) is 23.0 Å². The molecule has 0 saturated carbocycles. The van der Waals surface area contributed by atoms with Gasteiger partial charge >= 0.3 is 0 Å². The predicted octanol–water partition coefficient (Wildman–Crippen LogP) is 2.68. The van der Waals surface area contributed by atoms with Crippen molar-refractivity contribution in [3.05, 3.63) is 37.2 Å². The van der Waals surface area contributed by atoms with Crippen molar-refractivity contribution in [2.24, 2.45) is 0 Å². The van der Waals surface area contributed by atoms with Gasteiger partial charge in [0.2, 0.25) is 5.95 Å². The van der Waals surface area contributed by atoms with Crippen LogP contribution in [0.15, 0.2) is 37.2 Å². The van der Waals surface area contributed by atoms with Crippen molar-refractivity contribution in [3.63, 3.8) is 0 Å². The normalized spacial score (nSPS) is 19.0. The third-order valence-electron chi connectivity index (χ3n) is 6.07. The zero-order valence-electron chi connectivity index (χ0n) is 18.6. The second kappa shape index (κ2) is 8.66. The maximum absolute atomic E-state index is 8.88. The van der Waals surface area contributed by atoms with Crippen LogP contribution in [0.2, 0.25) is 0 Å². The van der Waals surface area contributed by atoms with Gasteiger partial charge in [0, 0.05) is 44.0 Å². The zero-order valence-corrected chi connectivity index (χ0v) is 18.6. The number of imidazole rings is 1. The summed E-state index contributed by atoms with van der Waals surface area (Å²) in [6, 6.07) is 0.00638. The Morgan fingerprint density at radius 2 is 1.94 bits per heavy atom. The number of fused-ring (bicyclic) bond motifs is 1. The Hall–Kier alpha value is -3.73. The number of amidine groups is 2. The van der Waals surface area contributed by atoms with E-state index in [2.05, 4.69) is 31.8 Å². The fourth-order valence-electron chi connectivity index (χ4n) is 4.59. The number of hydrogen-bond acceptors (Lipinski definition) is 9. The Labute approximate surface area is 191 Å². The molecule has 0 radical (unpaired) electrons. The second-order valence-corrected chi connectivity index (χ2v) is 8.07. The van der Waals surface area contributed by atoms with Gasteiger partial charge in [0.05, 0.1) is 18.4 Å². The zero-order chi connectivity index (χ0) is 22.9. The highest BCUT2D eigenvalue weighted by Crippen LogP contribution is 2.39. The molecule has 5 rings (SSSR count). The Kier molecular flexibility index (Phi) is 5.55. The fraction of sp³-hybridized carbons (Fsp3) is 0.409. The highest BCUT2D eigenvalue weighted by Gasteiger charge is 2.41. The number of hydrogen-bond donors (Lipinski definition) is 2. The van der Waals surface area contributed by atoms with Crippen molar-refractivity contribution < 1.29 is 4.74 Å². The lowest BCUT2D eigenvalue weighted by atomic mass is 9.99. The third kappa shape index (κ3) is 3.63. The van der Waals surface area contributed by atoms with Crippen LogP contribution in [-0.2, 0) is 4.74 Å². The van der Waals surface area contributed by atoms with Gasteiger partial charge in [-0.25, -0.2) is 15.0 Å². The molecule has 1 fully saturated rings. The summed E-state index contributed by atoms with van der Waals surface area (Å²) < 4.78 is 7.38. The minimum absolute atomic E-state index is 0.189. The molecular weight excluding hydrogens is 420 g/mol. The topological polar surface area (TPSA) is 133 Å². The first kappa shape index (κ1) is 21.1. The van der Waals surface area contributed by atoms with E-state index in [4.69, 9.17) is 20.5 Å². The van der Waals surface area contributed by atoms with Crippen LogP contribution in [0.4, 0.5) is 11.5 Å². The second-order valence-electron chi connectivity index (χ2n) is 8.07. The van der Waals surface area contributed by atoms with Crippen molar-refractivity contribution >= 4 is 23.2 Å². The largest absolute Gasteiger partial charge is 0.381 e. The van der Waals surface area contributed by atoms with Crippen molar-refractivity contribution in [3.8, 4) is 17.5 Å². The maximum atomic E-state index is 8.88. The lowest BCUT2D eigenvalue weighted by Crippen LogP contribution is -2.58. The number of anilines is 2. The average molecular weight is 447 g/mol. The molecule has 0 aliphatic carbocycles. The molecule has 1 unspecified atom stereocenters. The highest BCUT2D eigenvalue weighted by molar-refractivity contribution is 6.21. The molecule has 1 saturated heterocycles. The highest BCUT2D eigenvalue weighted by atomic mass is 16.5. The number of rotatable bonds is 4. The number of nitrogens with zero attached hydrogens (tertiary/aromatic N) is 8.